The SMILES string of the molecule is CCCNCc1ccc(S(=O)(=O)N(C)CC2CCCO2)s1. The van der Waals surface area contributed by atoms with Crippen molar-refractivity contribution in [2.45, 2.75) is 43.0 Å². The Morgan fingerprint density at radius 3 is 2.95 bits per heavy atom. The first-order valence-corrected chi connectivity index (χ1v) is 9.67. The van der Waals surface area contributed by atoms with Crippen LogP contribution in [0.15, 0.2) is 16.3 Å². The molecule has 0 bridgehead atoms. The summed E-state index contributed by atoms with van der Waals surface area (Å²) < 4.78 is 32.4. The molecule has 1 aromatic rings. The van der Waals surface area contributed by atoms with Crippen molar-refractivity contribution in [1.82, 2.24) is 9.62 Å². The zero-order chi connectivity index (χ0) is 15.3. The normalized spacial score (nSPS) is 19.5. The van der Waals surface area contributed by atoms with Crippen LogP contribution in [0.5, 0.6) is 0 Å². The predicted octanol–water partition coefficient (Wildman–Crippen LogP) is 2.05. The number of nitrogens with one attached hydrogen (secondary N) is 1. The lowest BCUT2D eigenvalue weighted by Crippen LogP contribution is -2.33. The number of rotatable bonds is 8. The number of likely N-dealkylation sites (N-methyl/N-ethyl adjacent to an activating group) is 1. The molecule has 5 nitrogen and oxygen atoms in total. The Kier molecular flexibility index (Phi) is 6.19. The Morgan fingerprint density at radius 2 is 2.29 bits per heavy atom. The van der Waals surface area contributed by atoms with Gasteiger partial charge in [0.1, 0.15) is 4.21 Å². The molecule has 0 saturated carbocycles. The monoisotopic (exact) mass is 332 g/mol. The van der Waals surface area contributed by atoms with Crippen molar-refractivity contribution in [1.29, 1.82) is 0 Å². The van der Waals surface area contributed by atoms with Gasteiger partial charge < -0.3 is 10.1 Å². The standard InChI is InChI=1S/C14H24N2O3S2/c1-3-8-15-10-13-6-7-14(20-13)21(17,18)16(2)11-12-5-4-9-19-12/h6-7,12,15H,3-5,8-11H2,1-2H3. The number of hydrogen-bond donors (Lipinski definition) is 1. The van der Waals surface area contributed by atoms with Gasteiger partial charge in [-0.2, -0.15) is 4.31 Å². The second-order valence-corrected chi connectivity index (χ2v) is 8.76. The molecular formula is C14H24N2O3S2. The minimum absolute atomic E-state index is 0.0374. The first-order valence-electron chi connectivity index (χ1n) is 7.41. The van der Waals surface area contributed by atoms with Crippen LogP contribution in [-0.4, -0.2) is 45.6 Å². The molecule has 2 heterocycles. The van der Waals surface area contributed by atoms with E-state index in [-0.39, 0.29) is 6.10 Å². The molecule has 0 radical (unpaired) electrons. The van der Waals surface area contributed by atoms with Crippen LogP contribution in [0.3, 0.4) is 0 Å². The average molecular weight is 332 g/mol. The summed E-state index contributed by atoms with van der Waals surface area (Å²) >= 11 is 1.34. The van der Waals surface area contributed by atoms with Gasteiger partial charge in [0, 0.05) is 31.6 Å². The molecule has 0 spiro atoms. The molecule has 0 amide bonds. The van der Waals surface area contributed by atoms with Gasteiger partial charge >= 0.3 is 0 Å². The summed E-state index contributed by atoms with van der Waals surface area (Å²) in [6, 6.07) is 3.59. The Bertz CT molecular complexity index is 536. The van der Waals surface area contributed by atoms with E-state index in [1.165, 1.54) is 15.6 Å². The van der Waals surface area contributed by atoms with E-state index in [1.807, 2.05) is 6.07 Å². The Hall–Kier alpha value is -0.470. The van der Waals surface area contributed by atoms with E-state index in [1.54, 1.807) is 13.1 Å². The van der Waals surface area contributed by atoms with E-state index < -0.39 is 10.0 Å². The van der Waals surface area contributed by atoms with Crippen molar-refractivity contribution in [3.05, 3.63) is 17.0 Å². The van der Waals surface area contributed by atoms with Gasteiger partial charge in [-0.05, 0) is 37.9 Å². The third-order valence-electron chi connectivity index (χ3n) is 3.51. The van der Waals surface area contributed by atoms with E-state index in [9.17, 15) is 8.42 Å². The van der Waals surface area contributed by atoms with E-state index in [0.29, 0.717) is 10.8 Å². The fourth-order valence-electron chi connectivity index (χ4n) is 2.31. The van der Waals surface area contributed by atoms with Crippen molar-refractivity contribution in [3.63, 3.8) is 0 Å². The maximum atomic E-state index is 12.5. The van der Waals surface area contributed by atoms with E-state index in [0.717, 1.165) is 43.8 Å². The van der Waals surface area contributed by atoms with Crippen LogP contribution in [0.25, 0.3) is 0 Å². The quantitative estimate of drug-likeness (QED) is 0.740. The van der Waals surface area contributed by atoms with Gasteiger partial charge in [0.15, 0.2) is 0 Å². The van der Waals surface area contributed by atoms with Crippen LogP contribution in [0.2, 0.25) is 0 Å². The maximum Gasteiger partial charge on any atom is 0.252 e. The summed E-state index contributed by atoms with van der Waals surface area (Å²) in [5, 5.41) is 3.29. The molecule has 1 aromatic heterocycles. The number of sulfonamides is 1. The Balaban J connectivity index is 1.97. The summed E-state index contributed by atoms with van der Waals surface area (Å²) in [5.74, 6) is 0. The highest BCUT2D eigenvalue weighted by Gasteiger charge is 2.27. The molecule has 1 fully saturated rings. The summed E-state index contributed by atoms with van der Waals surface area (Å²) in [5.41, 5.74) is 0. The number of nitrogens with zero attached hydrogens (tertiary/aromatic N) is 1. The van der Waals surface area contributed by atoms with Crippen molar-refractivity contribution in [3.8, 4) is 0 Å². The molecule has 7 heteroatoms. The number of hydrogen-bond acceptors (Lipinski definition) is 5. The molecule has 1 aliphatic heterocycles. The zero-order valence-electron chi connectivity index (χ0n) is 12.7. The van der Waals surface area contributed by atoms with Gasteiger partial charge in [-0.3, -0.25) is 0 Å². The van der Waals surface area contributed by atoms with Crippen LogP contribution < -0.4 is 5.32 Å². The van der Waals surface area contributed by atoms with Gasteiger partial charge in [0.25, 0.3) is 10.0 Å². The molecule has 2 rings (SSSR count). The highest BCUT2D eigenvalue weighted by Crippen LogP contribution is 2.25. The minimum atomic E-state index is -3.39. The smallest absolute Gasteiger partial charge is 0.252 e. The molecule has 1 aliphatic rings. The van der Waals surface area contributed by atoms with Crippen LogP contribution in [0.1, 0.15) is 31.1 Å². The first kappa shape index (κ1) is 16.9. The molecule has 1 saturated heterocycles. The predicted molar refractivity (Wildman–Crippen MR) is 85.1 cm³/mol. The fraction of sp³-hybridized carbons (Fsp3) is 0.714. The highest BCUT2D eigenvalue weighted by atomic mass is 32.2. The summed E-state index contributed by atoms with van der Waals surface area (Å²) in [4.78, 5) is 1.05. The third-order valence-corrected chi connectivity index (χ3v) is 6.89. The molecule has 21 heavy (non-hydrogen) atoms. The van der Waals surface area contributed by atoms with Gasteiger partial charge in [-0.1, -0.05) is 6.92 Å². The number of ether oxygens (including phenoxy) is 1. The van der Waals surface area contributed by atoms with E-state index in [4.69, 9.17) is 4.74 Å². The second-order valence-electron chi connectivity index (χ2n) is 5.32. The van der Waals surface area contributed by atoms with E-state index in [2.05, 4.69) is 12.2 Å². The Labute approximate surface area is 131 Å². The van der Waals surface area contributed by atoms with Crippen molar-refractivity contribution in [2.24, 2.45) is 0 Å². The van der Waals surface area contributed by atoms with Gasteiger partial charge in [0.2, 0.25) is 0 Å². The van der Waals surface area contributed by atoms with Crippen LogP contribution in [0.4, 0.5) is 0 Å². The first-order chi connectivity index (χ1) is 10.0. The lowest BCUT2D eigenvalue weighted by atomic mass is 10.2. The summed E-state index contributed by atoms with van der Waals surface area (Å²) in [6.07, 6.45) is 3.07. The molecule has 0 aromatic carbocycles. The topological polar surface area (TPSA) is 58.6 Å². The fourth-order valence-corrected chi connectivity index (χ4v) is 5.05. The van der Waals surface area contributed by atoms with Gasteiger partial charge in [0.05, 0.1) is 6.10 Å². The molecule has 120 valence electrons. The minimum Gasteiger partial charge on any atom is -0.377 e. The number of thiophene rings is 1. The lowest BCUT2D eigenvalue weighted by Gasteiger charge is -2.19. The molecule has 1 unspecified atom stereocenters. The van der Waals surface area contributed by atoms with Crippen molar-refractivity contribution >= 4 is 21.4 Å². The van der Waals surface area contributed by atoms with Crippen LogP contribution >= 0.6 is 11.3 Å². The molecule has 0 aliphatic carbocycles. The highest BCUT2D eigenvalue weighted by molar-refractivity contribution is 7.91. The van der Waals surface area contributed by atoms with Gasteiger partial charge in [-0.25, -0.2) is 8.42 Å². The van der Waals surface area contributed by atoms with Crippen LogP contribution in [-0.2, 0) is 21.3 Å². The van der Waals surface area contributed by atoms with Crippen molar-refractivity contribution < 1.29 is 13.2 Å². The second kappa shape index (κ2) is 7.69. The maximum absolute atomic E-state index is 12.5. The molecule has 1 N–H and O–H groups in total. The largest absolute Gasteiger partial charge is 0.377 e. The van der Waals surface area contributed by atoms with Crippen molar-refractivity contribution in [2.75, 3.05) is 26.7 Å². The van der Waals surface area contributed by atoms with E-state index >= 15 is 0 Å². The zero-order valence-corrected chi connectivity index (χ0v) is 14.3. The lowest BCUT2D eigenvalue weighted by molar-refractivity contribution is 0.0979. The molecule has 1 atom stereocenters. The summed E-state index contributed by atoms with van der Waals surface area (Å²) in [7, 11) is -1.76. The average Bonchev–Trinajstić information content (AvgIpc) is 3.10. The third kappa shape index (κ3) is 4.50. The Morgan fingerprint density at radius 1 is 1.48 bits per heavy atom. The summed E-state index contributed by atoms with van der Waals surface area (Å²) in [6.45, 7) is 4.95. The van der Waals surface area contributed by atoms with Gasteiger partial charge in [-0.15, -0.1) is 11.3 Å². The molecular weight excluding hydrogens is 308 g/mol. The van der Waals surface area contributed by atoms with Crippen LogP contribution in [0, 0.1) is 0 Å².